The highest BCUT2D eigenvalue weighted by Crippen LogP contribution is 2.30. The summed E-state index contributed by atoms with van der Waals surface area (Å²) < 4.78 is 5.44. The molecule has 0 bridgehead atoms. The van der Waals surface area contributed by atoms with E-state index < -0.39 is 5.60 Å². The molecule has 0 N–H and O–H groups in total. The highest BCUT2D eigenvalue weighted by molar-refractivity contribution is 5.68. The number of hydrogen-bond acceptors (Lipinski definition) is 3. The van der Waals surface area contributed by atoms with Crippen LogP contribution in [0.1, 0.15) is 56.4 Å². The van der Waals surface area contributed by atoms with E-state index in [1.54, 1.807) is 0 Å². The molecule has 21 heavy (non-hydrogen) atoms. The molecule has 1 fully saturated rings. The summed E-state index contributed by atoms with van der Waals surface area (Å²) in [6.45, 7) is 11.4. The van der Waals surface area contributed by atoms with Crippen molar-refractivity contribution in [2.75, 3.05) is 13.1 Å². The molecule has 1 amide bonds. The molecule has 1 aromatic heterocycles. The number of ether oxygens (including phenoxy) is 1. The Morgan fingerprint density at radius 3 is 2.48 bits per heavy atom. The molecule has 4 heteroatoms. The first-order chi connectivity index (χ1) is 9.76. The second-order valence-corrected chi connectivity index (χ2v) is 6.93. The van der Waals surface area contributed by atoms with Crippen LogP contribution < -0.4 is 0 Å². The fourth-order valence-corrected chi connectivity index (χ4v) is 2.77. The first-order valence-electron chi connectivity index (χ1n) is 7.67. The second-order valence-electron chi connectivity index (χ2n) is 6.93. The second kappa shape index (κ2) is 6.04. The van der Waals surface area contributed by atoms with Gasteiger partial charge in [0.25, 0.3) is 0 Å². The molecular weight excluding hydrogens is 264 g/mol. The van der Waals surface area contributed by atoms with Gasteiger partial charge in [-0.25, -0.2) is 4.79 Å². The van der Waals surface area contributed by atoms with E-state index in [2.05, 4.69) is 24.9 Å². The minimum Gasteiger partial charge on any atom is -0.444 e. The van der Waals surface area contributed by atoms with E-state index in [1.807, 2.05) is 31.9 Å². The molecule has 2 heterocycles. The van der Waals surface area contributed by atoms with E-state index in [0.717, 1.165) is 31.6 Å². The molecule has 1 aliphatic rings. The minimum atomic E-state index is -0.426. The van der Waals surface area contributed by atoms with Crippen LogP contribution >= 0.6 is 0 Å². The quantitative estimate of drug-likeness (QED) is 0.789. The van der Waals surface area contributed by atoms with Crippen molar-refractivity contribution in [3.8, 4) is 0 Å². The number of rotatable bonds is 1. The average molecular weight is 290 g/mol. The van der Waals surface area contributed by atoms with Crippen molar-refractivity contribution in [2.45, 2.75) is 59.0 Å². The zero-order chi connectivity index (χ0) is 15.6. The van der Waals surface area contributed by atoms with Crippen molar-refractivity contribution in [1.82, 2.24) is 9.88 Å². The first-order valence-corrected chi connectivity index (χ1v) is 7.67. The molecular formula is C17H26N2O2. The van der Waals surface area contributed by atoms with Crippen LogP contribution in [0.15, 0.2) is 12.3 Å². The molecule has 116 valence electrons. The van der Waals surface area contributed by atoms with Gasteiger partial charge in [0.2, 0.25) is 0 Å². The van der Waals surface area contributed by atoms with Crippen molar-refractivity contribution in [2.24, 2.45) is 0 Å². The van der Waals surface area contributed by atoms with E-state index in [1.165, 1.54) is 11.1 Å². The number of likely N-dealkylation sites (tertiary alicyclic amines) is 1. The standard InChI is InChI=1S/C17H26N2O2/c1-12-10-15(13(2)18-11-12)14-6-8-19(9-7-14)16(20)21-17(3,4)5/h10-11,14H,6-9H2,1-5H3. The lowest BCUT2D eigenvalue weighted by Gasteiger charge is -2.34. The number of carbonyl (C=O) groups is 1. The van der Waals surface area contributed by atoms with Crippen molar-refractivity contribution in [3.63, 3.8) is 0 Å². The van der Waals surface area contributed by atoms with Gasteiger partial charge >= 0.3 is 6.09 Å². The van der Waals surface area contributed by atoms with Crippen LogP contribution in [-0.2, 0) is 4.74 Å². The van der Waals surface area contributed by atoms with Crippen LogP contribution in [0, 0.1) is 13.8 Å². The monoisotopic (exact) mass is 290 g/mol. The zero-order valence-corrected chi connectivity index (χ0v) is 13.8. The zero-order valence-electron chi connectivity index (χ0n) is 13.8. The number of amides is 1. The van der Waals surface area contributed by atoms with Gasteiger partial charge in [0.15, 0.2) is 0 Å². The van der Waals surface area contributed by atoms with E-state index in [4.69, 9.17) is 4.74 Å². The Balaban J connectivity index is 1.97. The van der Waals surface area contributed by atoms with Crippen molar-refractivity contribution >= 4 is 6.09 Å². The Kier molecular flexibility index (Phi) is 4.55. The molecule has 4 nitrogen and oxygen atoms in total. The molecule has 0 aliphatic carbocycles. The number of aryl methyl sites for hydroxylation is 2. The molecule has 2 rings (SSSR count). The maximum atomic E-state index is 12.1. The van der Waals surface area contributed by atoms with Gasteiger partial charge in [-0.05, 0) is 64.5 Å². The number of aromatic nitrogens is 1. The maximum absolute atomic E-state index is 12.1. The van der Waals surface area contributed by atoms with Crippen molar-refractivity contribution < 1.29 is 9.53 Å². The summed E-state index contributed by atoms with van der Waals surface area (Å²) in [4.78, 5) is 18.3. The Labute approximate surface area is 127 Å². The fraction of sp³-hybridized carbons (Fsp3) is 0.647. The lowest BCUT2D eigenvalue weighted by molar-refractivity contribution is 0.0204. The molecule has 0 atom stereocenters. The Morgan fingerprint density at radius 1 is 1.29 bits per heavy atom. The minimum absolute atomic E-state index is 0.194. The summed E-state index contributed by atoms with van der Waals surface area (Å²) in [6.07, 6.45) is 3.67. The van der Waals surface area contributed by atoms with Gasteiger partial charge < -0.3 is 9.64 Å². The third-order valence-electron chi connectivity index (χ3n) is 3.85. The summed E-state index contributed by atoms with van der Waals surface area (Å²) in [5.74, 6) is 0.496. The SMILES string of the molecule is Cc1cnc(C)c(C2CCN(C(=O)OC(C)(C)C)CC2)c1. The molecule has 0 spiro atoms. The Bertz CT molecular complexity index is 512. The van der Waals surface area contributed by atoms with Crippen LogP contribution in [0.25, 0.3) is 0 Å². The highest BCUT2D eigenvalue weighted by Gasteiger charge is 2.28. The van der Waals surface area contributed by atoms with Gasteiger partial charge in [0, 0.05) is 25.0 Å². The van der Waals surface area contributed by atoms with Gasteiger partial charge in [-0.15, -0.1) is 0 Å². The number of hydrogen-bond donors (Lipinski definition) is 0. The lowest BCUT2D eigenvalue weighted by Crippen LogP contribution is -2.41. The normalized spacial score (nSPS) is 16.9. The number of carbonyl (C=O) groups excluding carboxylic acids is 1. The predicted octanol–water partition coefficient (Wildman–Crippen LogP) is 3.81. The summed E-state index contributed by atoms with van der Waals surface area (Å²) in [6, 6.07) is 2.23. The van der Waals surface area contributed by atoms with E-state index in [9.17, 15) is 4.79 Å². The largest absolute Gasteiger partial charge is 0.444 e. The van der Waals surface area contributed by atoms with Gasteiger partial charge in [-0.3, -0.25) is 4.98 Å². The lowest BCUT2D eigenvalue weighted by atomic mass is 9.88. The Morgan fingerprint density at radius 2 is 1.90 bits per heavy atom. The number of nitrogens with zero attached hydrogens (tertiary/aromatic N) is 2. The van der Waals surface area contributed by atoms with Crippen LogP contribution in [0.4, 0.5) is 4.79 Å². The topological polar surface area (TPSA) is 42.4 Å². The Hall–Kier alpha value is -1.58. The molecule has 0 saturated carbocycles. The van der Waals surface area contributed by atoms with Gasteiger partial charge in [0.1, 0.15) is 5.60 Å². The van der Waals surface area contributed by atoms with E-state index in [0.29, 0.717) is 5.92 Å². The third-order valence-corrected chi connectivity index (χ3v) is 3.85. The van der Waals surface area contributed by atoms with Crippen LogP contribution in [-0.4, -0.2) is 34.7 Å². The summed E-state index contributed by atoms with van der Waals surface area (Å²) >= 11 is 0. The van der Waals surface area contributed by atoms with E-state index >= 15 is 0 Å². The average Bonchev–Trinajstić information content (AvgIpc) is 2.40. The van der Waals surface area contributed by atoms with Gasteiger partial charge in [-0.2, -0.15) is 0 Å². The van der Waals surface area contributed by atoms with Gasteiger partial charge in [0.05, 0.1) is 0 Å². The molecule has 0 unspecified atom stereocenters. The fourth-order valence-electron chi connectivity index (χ4n) is 2.77. The summed E-state index contributed by atoms with van der Waals surface area (Å²) in [7, 11) is 0. The van der Waals surface area contributed by atoms with Crippen LogP contribution in [0.3, 0.4) is 0 Å². The molecule has 0 aromatic carbocycles. The number of pyridine rings is 1. The first kappa shape index (κ1) is 15.8. The maximum Gasteiger partial charge on any atom is 0.410 e. The van der Waals surface area contributed by atoms with Crippen molar-refractivity contribution in [1.29, 1.82) is 0 Å². The molecule has 0 radical (unpaired) electrons. The van der Waals surface area contributed by atoms with Gasteiger partial charge in [-0.1, -0.05) is 6.07 Å². The highest BCUT2D eigenvalue weighted by atomic mass is 16.6. The molecule has 1 aromatic rings. The van der Waals surface area contributed by atoms with Crippen LogP contribution in [0.2, 0.25) is 0 Å². The molecule has 1 aliphatic heterocycles. The van der Waals surface area contributed by atoms with Crippen molar-refractivity contribution in [3.05, 3.63) is 29.1 Å². The van der Waals surface area contributed by atoms with E-state index in [-0.39, 0.29) is 6.09 Å². The summed E-state index contributed by atoms with van der Waals surface area (Å²) in [5.41, 5.74) is 3.21. The smallest absolute Gasteiger partial charge is 0.410 e. The number of piperidine rings is 1. The molecule has 1 saturated heterocycles. The summed E-state index contributed by atoms with van der Waals surface area (Å²) in [5, 5.41) is 0. The van der Waals surface area contributed by atoms with Crippen LogP contribution in [0.5, 0.6) is 0 Å². The third kappa shape index (κ3) is 4.19. The predicted molar refractivity (Wildman–Crippen MR) is 83.5 cm³/mol.